The molecule has 10 nitrogen and oxygen atoms in total. The zero-order valence-corrected chi connectivity index (χ0v) is 19.4. The molecule has 0 aliphatic heterocycles. The summed E-state index contributed by atoms with van der Waals surface area (Å²) in [5, 5.41) is 24.1. The zero-order valence-electron chi connectivity index (χ0n) is 18.6. The Kier molecular flexibility index (Phi) is 7.48. The van der Waals surface area contributed by atoms with Crippen molar-refractivity contribution in [2.24, 2.45) is 5.10 Å². The number of nitrogens with zero attached hydrogens (tertiary/aromatic N) is 5. The molecule has 176 valence electrons. The van der Waals surface area contributed by atoms with Gasteiger partial charge in [-0.15, -0.1) is 10.2 Å². The van der Waals surface area contributed by atoms with Gasteiger partial charge >= 0.3 is 0 Å². The normalized spacial score (nSPS) is 10.9. The molecule has 3 aromatic carbocycles. The fourth-order valence-corrected chi connectivity index (χ4v) is 3.94. The van der Waals surface area contributed by atoms with Crippen molar-refractivity contribution in [1.82, 2.24) is 20.2 Å². The van der Waals surface area contributed by atoms with Gasteiger partial charge in [0.2, 0.25) is 0 Å². The number of hydrazone groups is 1. The lowest BCUT2D eigenvalue weighted by Gasteiger charge is -2.10. The fourth-order valence-electron chi connectivity index (χ4n) is 3.20. The lowest BCUT2D eigenvalue weighted by atomic mass is 10.2. The first kappa shape index (κ1) is 23.6. The highest BCUT2D eigenvalue weighted by atomic mass is 32.2. The van der Waals surface area contributed by atoms with E-state index in [0.29, 0.717) is 16.5 Å². The molecule has 0 aliphatic carbocycles. The molecular formula is C24H20N6O4S. The molecule has 1 aromatic heterocycles. The number of aromatic nitrogens is 3. The number of amides is 1. The van der Waals surface area contributed by atoms with Gasteiger partial charge in [0.25, 0.3) is 11.6 Å². The number of hydrogen-bond acceptors (Lipinski definition) is 8. The quantitative estimate of drug-likeness (QED) is 0.163. The number of methoxy groups -OCH3 is 1. The van der Waals surface area contributed by atoms with Crippen LogP contribution in [0.3, 0.4) is 0 Å². The predicted octanol–water partition coefficient (Wildman–Crippen LogP) is 4.09. The van der Waals surface area contributed by atoms with Crippen molar-refractivity contribution >= 4 is 29.6 Å². The van der Waals surface area contributed by atoms with Crippen LogP contribution in [0.4, 0.5) is 5.69 Å². The minimum atomic E-state index is -0.504. The number of nitro benzene ring substituents is 1. The third-order valence-corrected chi connectivity index (χ3v) is 5.78. The summed E-state index contributed by atoms with van der Waals surface area (Å²) in [7, 11) is 1.60. The second kappa shape index (κ2) is 11.1. The van der Waals surface area contributed by atoms with Crippen molar-refractivity contribution in [1.29, 1.82) is 0 Å². The Bertz CT molecular complexity index is 1360. The highest BCUT2D eigenvalue weighted by Gasteiger charge is 2.17. The molecule has 11 heteroatoms. The summed E-state index contributed by atoms with van der Waals surface area (Å²) in [5.74, 6) is 0.976. The highest BCUT2D eigenvalue weighted by molar-refractivity contribution is 7.99. The molecular weight excluding hydrogens is 468 g/mol. The molecule has 1 amide bonds. The Balaban J connectivity index is 1.50. The van der Waals surface area contributed by atoms with Gasteiger partial charge in [-0.05, 0) is 42.5 Å². The molecule has 0 bridgehead atoms. The molecule has 0 radical (unpaired) electrons. The smallest absolute Gasteiger partial charge is 0.278 e. The van der Waals surface area contributed by atoms with Gasteiger partial charge in [0, 0.05) is 17.3 Å². The number of carbonyl (C=O) groups excluding carboxylic acids is 1. The van der Waals surface area contributed by atoms with Crippen LogP contribution in [0.1, 0.15) is 5.56 Å². The SMILES string of the molecule is COc1ccc(-c2nnc(SCC(=O)NN=Cc3ccccc3[N+](=O)[O-])n2-c2ccccc2)cc1. The first-order valence-corrected chi connectivity index (χ1v) is 11.4. The zero-order chi connectivity index (χ0) is 24.6. The molecule has 35 heavy (non-hydrogen) atoms. The summed E-state index contributed by atoms with van der Waals surface area (Å²) in [6, 6.07) is 23.2. The van der Waals surface area contributed by atoms with Crippen LogP contribution < -0.4 is 10.2 Å². The van der Waals surface area contributed by atoms with Crippen molar-refractivity contribution in [2.75, 3.05) is 12.9 Å². The number of ether oxygens (including phenoxy) is 1. The average molecular weight is 489 g/mol. The number of nitro groups is 1. The average Bonchev–Trinajstić information content (AvgIpc) is 3.32. The van der Waals surface area contributed by atoms with Gasteiger partial charge in [-0.25, -0.2) is 5.43 Å². The van der Waals surface area contributed by atoms with E-state index in [9.17, 15) is 14.9 Å². The van der Waals surface area contributed by atoms with E-state index in [0.717, 1.165) is 17.0 Å². The molecule has 0 fully saturated rings. The van der Waals surface area contributed by atoms with Crippen LogP contribution in [0.5, 0.6) is 5.75 Å². The second-order valence-electron chi connectivity index (χ2n) is 7.10. The van der Waals surface area contributed by atoms with Crippen LogP contribution in [-0.4, -0.2) is 44.7 Å². The Hall–Kier alpha value is -4.51. The molecule has 1 heterocycles. The third kappa shape index (κ3) is 5.71. The number of hydrogen-bond donors (Lipinski definition) is 1. The lowest BCUT2D eigenvalue weighted by molar-refractivity contribution is -0.385. The Labute approximate surface area is 204 Å². The Morgan fingerprint density at radius 1 is 1.09 bits per heavy atom. The van der Waals surface area contributed by atoms with E-state index < -0.39 is 10.8 Å². The molecule has 1 N–H and O–H groups in total. The number of para-hydroxylation sites is 2. The maximum absolute atomic E-state index is 12.4. The van der Waals surface area contributed by atoms with Gasteiger partial charge in [0.15, 0.2) is 11.0 Å². The largest absolute Gasteiger partial charge is 0.497 e. The van der Waals surface area contributed by atoms with E-state index in [2.05, 4.69) is 20.7 Å². The van der Waals surface area contributed by atoms with Gasteiger partial charge < -0.3 is 4.74 Å². The van der Waals surface area contributed by atoms with Crippen molar-refractivity contribution in [3.63, 3.8) is 0 Å². The van der Waals surface area contributed by atoms with Gasteiger partial charge in [-0.2, -0.15) is 5.10 Å². The first-order valence-electron chi connectivity index (χ1n) is 10.4. The number of benzene rings is 3. The molecule has 4 rings (SSSR count). The predicted molar refractivity (Wildman–Crippen MR) is 133 cm³/mol. The van der Waals surface area contributed by atoms with Crippen LogP contribution in [0.25, 0.3) is 17.1 Å². The van der Waals surface area contributed by atoms with E-state index in [-0.39, 0.29) is 11.4 Å². The van der Waals surface area contributed by atoms with Crippen LogP contribution >= 0.6 is 11.8 Å². The topological polar surface area (TPSA) is 125 Å². The van der Waals surface area contributed by atoms with E-state index in [1.807, 2.05) is 59.2 Å². The Morgan fingerprint density at radius 3 is 2.51 bits per heavy atom. The number of rotatable bonds is 9. The third-order valence-electron chi connectivity index (χ3n) is 4.85. The molecule has 0 atom stereocenters. The summed E-state index contributed by atoms with van der Waals surface area (Å²) >= 11 is 1.20. The fraction of sp³-hybridized carbons (Fsp3) is 0.0833. The van der Waals surface area contributed by atoms with Gasteiger partial charge in [0.05, 0.1) is 29.6 Å². The van der Waals surface area contributed by atoms with Crippen LogP contribution in [0, 0.1) is 10.1 Å². The summed E-state index contributed by atoms with van der Waals surface area (Å²) in [6.45, 7) is 0. The maximum atomic E-state index is 12.4. The number of thioether (sulfide) groups is 1. The minimum Gasteiger partial charge on any atom is -0.497 e. The van der Waals surface area contributed by atoms with E-state index in [4.69, 9.17) is 4.74 Å². The molecule has 0 unspecified atom stereocenters. The molecule has 0 aliphatic rings. The maximum Gasteiger partial charge on any atom is 0.278 e. The molecule has 0 saturated heterocycles. The van der Waals surface area contributed by atoms with Gasteiger partial charge in [0.1, 0.15) is 5.75 Å². The van der Waals surface area contributed by atoms with Crippen molar-refractivity contribution in [3.8, 4) is 22.8 Å². The van der Waals surface area contributed by atoms with E-state index in [1.54, 1.807) is 25.3 Å². The number of nitrogens with one attached hydrogen (secondary N) is 1. The van der Waals surface area contributed by atoms with Gasteiger partial charge in [-0.1, -0.05) is 42.1 Å². The second-order valence-corrected chi connectivity index (χ2v) is 8.05. The summed E-state index contributed by atoms with van der Waals surface area (Å²) in [6.07, 6.45) is 1.24. The molecule has 4 aromatic rings. The van der Waals surface area contributed by atoms with Crippen molar-refractivity contribution in [3.05, 3.63) is 94.5 Å². The van der Waals surface area contributed by atoms with E-state index in [1.165, 1.54) is 24.0 Å². The van der Waals surface area contributed by atoms with E-state index >= 15 is 0 Å². The van der Waals surface area contributed by atoms with Crippen LogP contribution in [-0.2, 0) is 4.79 Å². The molecule has 0 saturated carbocycles. The van der Waals surface area contributed by atoms with Crippen LogP contribution in [0.2, 0.25) is 0 Å². The standard InChI is InChI=1S/C24H20N6O4S/c1-34-20-13-11-17(12-14-20)23-27-28-24(29(23)19-8-3-2-4-9-19)35-16-22(31)26-25-15-18-7-5-6-10-21(18)30(32)33/h2-15H,16H2,1H3,(H,26,31). The first-order chi connectivity index (χ1) is 17.1. The summed E-state index contributed by atoms with van der Waals surface area (Å²) in [4.78, 5) is 23.0. The lowest BCUT2D eigenvalue weighted by Crippen LogP contribution is -2.20. The van der Waals surface area contributed by atoms with Gasteiger partial charge in [-0.3, -0.25) is 19.5 Å². The van der Waals surface area contributed by atoms with Crippen LogP contribution in [0.15, 0.2) is 89.1 Å². The van der Waals surface area contributed by atoms with Crippen molar-refractivity contribution in [2.45, 2.75) is 5.16 Å². The summed E-state index contributed by atoms with van der Waals surface area (Å²) < 4.78 is 7.10. The summed E-state index contributed by atoms with van der Waals surface area (Å²) in [5.41, 5.74) is 4.28. The highest BCUT2D eigenvalue weighted by Crippen LogP contribution is 2.29. The number of carbonyl (C=O) groups is 1. The minimum absolute atomic E-state index is 0.0157. The molecule has 0 spiro atoms. The van der Waals surface area contributed by atoms with Crippen molar-refractivity contribution < 1.29 is 14.5 Å². The Morgan fingerprint density at radius 2 is 1.80 bits per heavy atom. The monoisotopic (exact) mass is 488 g/mol.